The number of guanidine groups is 1. The summed E-state index contributed by atoms with van der Waals surface area (Å²) < 4.78 is 20.0. The van der Waals surface area contributed by atoms with Crippen molar-refractivity contribution in [2.45, 2.75) is 12.0 Å². The predicted octanol–water partition coefficient (Wildman–Crippen LogP) is 3.57. The standard InChI is InChI=1S/C24H22FN5O/c1-31-19-6-7-21(25)20(15-19)16-4-2-5-18(14-16)24(17-8-11-27-12-9-17)22-28-10-3-13-30(22)23(26)29-24/h2,4-9,11-12,14-15H,3,10,13H2,1H3,(H2,26,29). The molecule has 1 aromatic heterocycles. The molecule has 2 N–H and O–H groups in total. The van der Waals surface area contributed by atoms with Crippen LogP contribution in [0.4, 0.5) is 4.39 Å². The summed E-state index contributed by atoms with van der Waals surface area (Å²) in [4.78, 5) is 15.9. The molecular weight excluding hydrogens is 393 g/mol. The highest BCUT2D eigenvalue weighted by Gasteiger charge is 2.49. The maximum Gasteiger partial charge on any atom is 0.198 e. The number of fused-ring (bicyclic) bond motifs is 1. The van der Waals surface area contributed by atoms with Gasteiger partial charge in [0.2, 0.25) is 0 Å². The van der Waals surface area contributed by atoms with Gasteiger partial charge in [-0.2, -0.15) is 0 Å². The van der Waals surface area contributed by atoms with Gasteiger partial charge in [-0.1, -0.05) is 18.2 Å². The Morgan fingerprint density at radius 2 is 1.90 bits per heavy atom. The quantitative estimate of drug-likeness (QED) is 0.707. The Labute approximate surface area is 179 Å². The van der Waals surface area contributed by atoms with Gasteiger partial charge in [0.15, 0.2) is 11.5 Å². The molecule has 31 heavy (non-hydrogen) atoms. The summed E-state index contributed by atoms with van der Waals surface area (Å²) in [5.74, 6) is 1.51. The second-order valence-electron chi connectivity index (χ2n) is 7.55. The van der Waals surface area contributed by atoms with Gasteiger partial charge in [0.05, 0.1) is 7.11 Å². The van der Waals surface area contributed by atoms with Gasteiger partial charge in [-0.3, -0.25) is 14.9 Å². The molecule has 7 heteroatoms. The average molecular weight is 415 g/mol. The van der Waals surface area contributed by atoms with Crippen molar-refractivity contribution in [1.29, 1.82) is 0 Å². The zero-order chi connectivity index (χ0) is 21.4. The first-order chi connectivity index (χ1) is 15.1. The Bertz CT molecular complexity index is 1190. The van der Waals surface area contributed by atoms with Gasteiger partial charge < -0.3 is 10.5 Å². The molecule has 156 valence electrons. The third kappa shape index (κ3) is 3.04. The molecular formula is C24H22FN5O. The van der Waals surface area contributed by atoms with Gasteiger partial charge >= 0.3 is 0 Å². The number of aliphatic imine (C=N–C) groups is 2. The maximum absolute atomic E-state index is 14.7. The van der Waals surface area contributed by atoms with Crippen LogP contribution >= 0.6 is 0 Å². The van der Waals surface area contributed by atoms with E-state index in [1.54, 1.807) is 31.6 Å². The van der Waals surface area contributed by atoms with E-state index in [1.165, 1.54) is 6.07 Å². The highest BCUT2D eigenvalue weighted by Crippen LogP contribution is 2.42. The zero-order valence-corrected chi connectivity index (χ0v) is 17.1. The minimum Gasteiger partial charge on any atom is -0.497 e. The second-order valence-corrected chi connectivity index (χ2v) is 7.55. The summed E-state index contributed by atoms with van der Waals surface area (Å²) in [6.45, 7) is 1.48. The van der Waals surface area contributed by atoms with Gasteiger partial charge in [-0.15, -0.1) is 0 Å². The van der Waals surface area contributed by atoms with Crippen molar-refractivity contribution in [1.82, 2.24) is 9.88 Å². The Hall–Kier alpha value is -3.74. The van der Waals surface area contributed by atoms with E-state index in [9.17, 15) is 4.39 Å². The van der Waals surface area contributed by atoms with Crippen LogP contribution in [0.2, 0.25) is 0 Å². The van der Waals surface area contributed by atoms with Crippen LogP contribution in [0.5, 0.6) is 5.75 Å². The fraction of sp³-hybridized carbons (Fsp3) is 0.208. The molecule has 1 unspecified atom stereocenters. The van der Waals surface area contributed by atoms with Crippen LogP contribution in [-0.4, -0.2) is 41.9 Å². The first-order valence-electron chi connectivity index (χ1n) is 10.2. The first-order valence-corrected chi connectivity index (χ1v) is 10.2. The molecule has 0 amide bonds. The molecule has 6 nitrogen and oxygen atoms in total. The van der Waals surface area contributed by atoms with Crippen LogP contribution in [-0.2, 0) is 5.54 Å². The lowest BCUT2D eigenvalue weighted by Crippen LogP contribution is -2.46. The van der Waals surface area contributed by atoms with E-state index < -0.39 is 5.54 Å². The monoisotopic (exact) mass is 415 g/mol. The fourth-order valence-electron chi connectivity index (χ4n) is 4.33. The first kappa shape index (κ1) is 19.2. The summed E-state index contributed by atoms with van der Waals surface area (Å²) in [7, 11) is 1.57. The van der Waals surface area contributed by atoms with Crippen LogP contribution in [0.15, 0.2) is 77.0 Å². The molecule has 0 saturated carbocycles. The number of hydrogen-bond donors (Lipinski definition) is 1. The highest BCUT2D eigenvalue weighted by molar-refractivity contribution is 6.12. The van der Waals surface area contributed by atoms with Crippen molar-refractivity contribution in [3.05, 3.63) is 83.9 Å². The zero-order valence-electron chi connectivity index (χ0n) is 17.1. The number of amidine groups is 1. The summed E-state index contributed by atoms with van der Waals surface area (Å²) in [5.41, 5.74) is 8.42. The summed E-state index contributed by atoms with van der Waals surface area (Å²) in [5, 5.41) is 0. The lowest BCUT2D eigenvalue weighted by atomic mass is 9.81. The van der Waals surface area contributed by atoms with Crippen LogP contribution < -0.4 is 10.5 Å². The van der Waals surface area contributed by atoms with Gasteiger partial charge in [0, 0.05) is 31.0 Å². The third-order valence-corrected chi connectivity index (χ3v) is 5.80. The Morgan fingerprint density at radius 1 is 1.06 bits per heavy atom. The van der Waals surface area contributed by atoms with Gasteiger partial charge in [0.25, 0.3) is 0 Å². The Kier molecular flexibility index (Phi) is 4.66. The molecule has 0 aliphatic carbocycles. The van der Waals surface area contributed by atoms with Crippen molar-refractivity contribution in [3.8, 4) is 16.9 Å². The number of benzene rings is 2. The molecule has 2 aliphatic rings. The largest absolute Gasteiger partial charge is 0.497 e. The molecule has 0 fully saturated rings. The number of hydrogen-bond acceptors (Lipinski definition) is 6. The number of rotatable bonds is 4. The van der Waals surface area contributed by atoms with Crippen molar-refractivity contribution in [2.75, 3.05) is 20.2 Å². The van der Waals surface area contributed by atoms with E-state index in [-0.39, 0.29) is 5.82 Å². The molecule has 0 saturated heterocycles. The van der Waals surface area contributed by atoms with E-state index in [1.807, 2.05) is 41.3 Å². The number of halogens is 1. The van der Waals surface area contributed by atoms with Crippen LogP contribution in [0.25, 0.3) is 11.1 Å². The topological polar surface area (TPSA) is 76.1 Å². The number of nitrogens with zero attached hydrogens (tertiary/aromatic N) is 4. The van der Waals surface area contributed by atoms with Gasteiger partial charge in [0.1, 0.15) is 17.4 Å². The lowest BCUT2D eigenvalue weighted by Gasteiger charge is -2.33. The van der Waals surface area contributed by atoms with E-state index in [0.29, 0.717) is 23.8 Å². The van der Waals surface area contributed by atoms with Crippen molar-refractivity contribution in [2.24, 2.45) is 15.7 Å². The fourth-order valence-corrected chi connectivity index (χ4v) is 4.33. The van der Waals surface area contributed by atoms with Crippen molar-refractivity contribution < 1.29 is 9.13 Å². The molecule has 1 atom stereocenters. The van der Waals surface area contributed by atoms with E-state index in [2.05, 4.69) is 4.98 Å². The summed E-state index contributed by atoms with van der Waals surface area (Å²) in [6, 6.07) is 16.3. The molecule has 0 bridgehead atoms. The molecule has 5 rings (SSSR count). The van der Waals surface area contributed by atoms with Gasteiger partial charge in [-0.25, -0.2) is 9.38 Å². The lowest BCUT2D eigenvalue weighted by molar-refractivity contribution is 0.414. The average Bonchev–Trinajstić information content (AvgIpc) is 3.14. The molecule has 0 spiro atoms. The van der Waals surface area contributed by atoms with Crippen LogP contribution in [0.3, 0.4) is 0 Å². The predicted molar refractivity (Wildman–Crippen MR) is 119 cm³/mol. The summed E-state index contributed by atoms with van der Waals surface area (Å²) in [6.07, 6.45) is 4.39. The molecule has 0 radical (unpaired) electrons. The normalized spacial score (nSPS) is 20.1. The SMILES string of the molecule is COc1ccc(F)c(-c2cccc(C3(c4ccncc4)N=C(N)N4CCCN=C43)c2)c1. The van der Waals surface area contributed by atoms with E-state index in [4.69, 9.17) is 20.5 Å². The number of nitrogens with two attached hydrogens (primary N) is 1. The third-order valence-electron chi connectivity index (χ3n) is 5.80. The highest BCUT2D eigenvalue weighted by atomic mass is 19.1. The van der Waals surface area contributed by atoms with E-state index in [0.717, 1.165) is 35.5 Å². The van der Waals surface area contributed by atoms with Crippen LogP contribution in [0, 0.1) is 5.82 Å². The smallest absolute Gasteiger partial charge is 0.198 e. The van der Waals surface area contributed by atoms with E-state index >= 15 is 0 Å². The van der Waals surface area contributed by atoms with Crippen LogP contribution in [0.1, 0.15) is 17.5 Å². The Balaban J connectivity index is 1.73. The molecule has 2 aliphatic heterocycles. The second kappa shape index (κ2) is 7.50. The molecule has 3 heterocycles. The number of aromatic nitrogens is 1. The number of methoxy groups -OCH3 is 1. The number of pyridine rings is 1. The maximum atomic E-state index is 14.7. The van der Waals surface area contributed by atoms with Gasteiger partial charge in [-0.05, 0) is 59.5 Å². The molecule has 3 aromatic rings. The minimum atomic E-state index is -0.904. The number of ether oxygens (including phenoxy) is 1. The molecule has 2 aromatic carbocycles. The van der Waals surface area contributed by atoms with Crippen molar-refractivity contribution >= 4 is 11.8 Å². The van der Waals surface area contributed by atoms with Crippen molar-refractivity contribution in [3.63, 3.8) is 0 Å². The Morgan fingerprint density at radius 3 is 2.71 bits per heavy atom. The summed E-state index contributed by atoms with van der Waals surface area (Å²) >= 11 is 0. The minimum absolute atomic E-state index is 0.318.